The number of fused-ring (bicyclic) bond motifs is 6. The lowest BCUT2D eigenvalue weighted by Crippen LogP contribution is -2.50. The van der Waals surface area contributed by atoms with Crippen LogP contribution in [0.4, 0.5) is 11.4 Å². The molecule has 2 fully saturated rings. The third-order valence-corrected chi connectivity index (χ3v) is 17.7. The van der Waals surface area contributed by atoms with Gasteiger partial charge in [0.15, 0.2) is 0 Å². The molecule has 12 heteroatoms. The van der Waals surface area contributed by atoms with Crippen molar-refractivity contribution in [2.45, 2.75) is 155 Å². The van der Waals surface area contributed by atoms with Crippen molar-refractivity contribution in [1.82, 2.24) is 0 Å². The van der Waals surface area contributed by atoms with E-state index in [4.69, 9.17) is 46.4 Å². The molecule has 2 heterocycles. The first-order valence-electron chi connectivity index (χ1n) is 24.2. The summed E-state index contributed by atoms with van der Waals surface area (Å²) in [5, 5.41) is 23.0. The first-order chi connectivity index (χ1) is 32.0. The third kappa shape index (κ3) is 9.07. The lowest BCUT2D eigenvalue weighted by atomic mass is 9.53. The number of carbonyl (C=O) groups excluding carboxylic acids is 2. The van der Waals surface area contributed by atoms with Gasteiger partial charge in [0.2, 0.25) is 11.8 Å². The van der Waals surface area contributed by atoms with Gasteiger partial charge in [0.25, 0.3) is 0 Å². The molecule has 0 radical (unpaired) electrons. The molecular weight excluding hydrogens is 938 g/mol. The number of aliphatic carboxylic acids is 2. The van der Waals surface area contributed by atoms with Crippen LogP contribution < -0.4 is 9.80 Å². The molecule has 2 aliphatic carbocycles. The van der Waals surface area contributed by atoms with Gasteiger partial charge in [-0.2, -0.15) is 0 Å². The van der Waals surface area contributed by atoms with Crippen LogP contribution >= 0.6 is 46.4 Å². The largest absolute Gasteiger partial charge is 0.481 e. The number of hydrogen-bond donors (Lipinski definition) is 2. The van der Waals surface area contributed by atoms with Crippen LogP contribution in [0.1, 0.15) is 178 Å². The van der Waals surface area contributed by atoms with E-state index in [1.54, 1.807) is 23.6 Å². The van der Waals surface area contributed by atoms with Crippen LogP contribution in [-0.4, -0.2) is 47.1 Å². The molecule has 7 rings (SSSR count). The SMILES string of the molecule is CC(C)c1c(Cl)cc2c(c1Cl)N(CCCC#Cc1ccccc1C#CCCCN1C(=O)C[C@H]3[C@](C)(C(=O)O)CCC[C@]3(C)c3cc(Cl)c(C(C)C)c(Cl)c31)C(=O)C[C@H]1[C@](C)(C(=O)O)CCC[C@]21C. The average Bonchev–Trinajstić information content (AvgIpc) is 3.42. The average molecular weight is 1000 g/mol. The van der Waals surface area contributed by atoms with Crippen molar-refractivity contribution < 1.29 is 29.4 Å². The van der Waals surface area contributed by atoms with Crippen LogP contribution in [0.25, 0.3) is 0 Å². The number of carboxylic acids is 2. The maximum absolute atomic E-state index is 14.4. The Morgan fingerprint density at radius 1 is 0.647 bits per heavy atom. The van der Waals surface area contributed by atoms with Gasteiger partial charge >= 0.3 is 11.9 Å². The smallest absolute Gasteiger partial charge is 0.309 e. The summed E-state index contributed by atoms with van der Waals surface area (Å²) in [6.45, 7) is 16.5. The Morgan fingerprint density at radius 3 is 1.35 bits per heavy atom. The molecule has 2 amide bonds. The normalized spacial score (nSPS) is 26.6. The third-order valence-electron chi connectivity index (χ3n) is 16.3. The highest BCUT2D eigenvalue weighted by atomic mass is 35.5. The molecule has 2 N–H and O–H groups in total. The van der Waals surface area contributed by atoms with Crippen LogP contribution in [-0.2, 0) is 30.0 Å². The van der Waals surface area contributed by atoms with Crippen LogP contribution in [0.2, 0.25) is 20.1 Å². The molecule has 8 nitrogen and oxygen atoms in total. The van der Waals surface area contributed by atoms with E-state index in [1.165, 1.54) is 0 Å². The molecular formula is C56H64Cl4N2O6. The number of unbranched alkanes of at least 4 members (excludes halogenated alkanes) is 2. The minimum atomic E-state index is -1.09. The minimum absolute atomic E-state index is 0.000689. The van der Waals surface area contributed by atoms with E-state index < -0.39 is 45.4 Å². The Hall–Kier alpha value is -4.18. The molecule has 0 spiro atoms. The van der Waals surface area contributed by atoms with Gasteiger partial charge in [-0.05, 0) is 133 Å². The van der Waals surface area contributed by atoms with E-state index in [9.17, 15) is 29.4 Å². The Labute approximate surface area is 422 Å². The highest BCUT2D eigenvalue weighted by Crippen LogP contribution is 2.61. The Morgan fingerprint density at radius 2 is 1.01 bits per heavy atom. The molecule has 0 saturated heterocycles. The molecule has 6 atom stereocenters. The maximum Gasteiger partial charge on any atom is 0.309 e. The zero-order chi connectivity index (χ0) is 49.7. The van der Waals surface area contributed by atoms with E-state index in [0.717, 1.165) is 46.2 Å². The quantitative estimate of drug-likeness (QED) is 0.154. The topological polar surface area (TPSA) is 115 Å². The van der Waals surface area contributed by atoms with E-state index in [2.05, 4.69) is 37.5 Å². The van der Waals surface area contributed by atoms with Gasteiger partial charge in [-0.15, -0.1) is 0 Å². The first-order valence-corrected chi connectivity index (χ1v) is 25.7. The number of rotatable bonds is 10. The van der Waals surface area contributed by atoms with Gasteiger partial charge in [0, 0.05) is 59.9 Å². The molecule has 2 aliphatic heterocycles. The van der Waals surface area contributed by atoms with E-state index in [-0.39, 0.29) is 36.5 Å². The van der Waals surface area contributed by atoms with Crippen LogP contribution in [0.15, 0.2) is 36.4 Å². The van der Waals surface area contributed by atoms with E-state index in [0.29, 0.717) is 95.9 Å². The summed E-state index contributed by atoms with van der Waals surface area (Å²) >= 11 is 28.4. The van der Waals surface area contributed by atoms with Gasteiger partial charge in [-0.25, -0.2) is 0 Å². The van der Waals surface area contributed by atoms with Gasteiger partial charge in [0.1, 0.15) is 0 Å². The monoisotopic (exact) mass is 1000 g/mol. The number of anilines is 2. The van der Waals surface area contributed by atoms with Crippen LogP contribution in [0.5, 0.6) is 0 Å². The van der Waals surface area contributed by atoms with Crippen molar-refractivity contribution in [2.75, 3.05) is 22.9 Å². The lowest BCUT2D eigenvalue weighted by molar-refractivity contribution is -0.158. The fourth-order valence-electron chi connectivity index (χ4n) is 12.5. The summed E-state index contributed by atoms with van der Waals surface area (Å²) in [5.74, 6) is 10.3. The van der Waals surface area contributed by atoms with Crippen molar-refractivity contribution in [2.24, 2.45) is 22.7 Å². The number of amides is 2. The zero-order valence-corrected chi connectivity index (χ0v) is 43.6. The second-order valence-corrected chi connectivity index (χ2v) is 22.8. The van der Waals surface area contributed by atoms with Gasteiger partial charge in [-0.1, -0.05) is 137 Å². The summed E-state index contributed by atoms with van der Waals surface area (Å²) in [7, 11) is 0. The molecule has 0 unspecified atom stereocenters. The lowest BCUT2D eigenvalue weighted by Gasteiger charge is -2.49. The van der Waals surface area contributed by atoms with E-state index >= 15 is 0 Å². The number of carboxylic acid groups (broad SMARTS) is 2. The van der Waals surface area contributed by atoms with Gasteiger partial charge in [0.05, 0.1) is 32.3 Å². The second-order valence-electron chi connectivity index (χ2n) is 21.2. The Balaban J connectivity index is 1.08. The number of hydrogen-bond acceptors (Lipinski definition) is 4. The van der Waals surface area contributed by atoms with Gasteiger partial charge in [-0.3, -0.25) is 19.2 Å². The maximum atomic E-state index is 14.4. The Kier molecular flexibility index (Phi) is 15.1. The number of halogens is 4. The molecule has 2 saturated carbocycles. The van der Waals surface area contributed by atoms with E-state index in [1.807, 2.05) is 64.1 Å². The molecule has 3 aromatic carbocycles. The molecule has 0 bridgehead atoms. The fourth-order valence-corrected chi connectivity index (χ4v) is 14.5. The highest BCUT2D eigenvalue weighted by molar-refractivity contribution is 6.39. The molecule has 362 valence electrons. The van der Waals surface area contributed by atoms with Crippen LogP contribution in [0.3, 0.4) is 0 Å². The Bertz CT molecular complexity index is 2490. The highest BCUT2D eigenvalue weighted by Gasteiger charge is 2.59. The first kappa shape index (κ1) is 51.7. The molecule has 68 heavy (non-hydrogen) atoms. The van der Waals surface area contributed by atoms with Gasteiger partial charge < -0.3 is 20.0 Å². The summed E-state index contributed by atoms with van der Waals surface area (Å²) < 4.78 is 0. The summed E-state index contributed by atoms with van der Waals surface area (Å²) in [5.41, 5.74) is 2.63. The summed E-state index contributed by atoms with van der Waals surface area (Å²) in [4.78, 5) is 58.0. The number of nitrogens with zero attached hydrogens (tertiary/aromatic N) is 2. The summed E-state index contributed by atoms with van der Waals surface area (Å²) in [6.07, 6.45) is 6.13. The minimum Gasteiger partial charge on any atom is -0.481 e. The van der Waals surface area contributed by atoms with Crippen molar-refractivity contribution in [3.8, 4) is 23.7 Å². The summed E-state index contributed by atoms with van der Waals surface area (Å²) in [6, 6.07) is 11.6. The van der Waals surface area contributed by atoms with Crippen molar-refractivity contribution in [1.29, 1.82) is 0 Å². The zero-order valence-electron chi connectivity index (χ0n) is 40.6. The second kappa shape index (κ2) is 19.9. The number of carbonyl (C=O) groups is 4. The van der Waals surface area contributed by atoms with Crippen molar-refractivity contribution in [3.05, 3.63) is 89.9 Å². The molecule has 4 aliphatic rings. The molecule has 0 aromatic heterocycles. The standard InChI is InChI=1S/C56H64Cl4N2O6/c1-33(2)45-39(57)29-37-49(47(45)59)61(43(63)31-41-53(37,5)23-17-25-55(41,7)51(65)66)27-15-9-11-19-35-21-13-14-22-36(35)20-12-10-16-28-62-44(64)32-42-54(6,24-18-26-56(42,8)52(67)68)38-30-40(58)46(34(3)4)48(60)50(38)62/h13-14,21-22,29-30,33-34,41-42H,9-10,15-18,23-28,31-32H2,1-8H3,(H,65,66)(H,67,68)/t41-,42-,53-,54-,55-,56-/m1/s1. The van der Waals surface area contributed by atoms with Crippen molar-refractivity contribution in [3.63, 3.8) is 0 Å². The molecule has 3 aromatic rings. The van der Waals surface area contributed by atoms with Crippen LogP contribution in [0, 0.1) is 46.3 Å². The predicted octanol–water partition coefficient (Wildman–Crippen LogP) is 14.0. The number of benzene rings is 3. The fraction of sp³-hybridized carbons (Fsp3) is 0.536. The predicted molar refractivity (Wildman–Crippen MR) is 275 cm³/mol. The van der Waals surface area contributed by atoms with Crippen molar-refractivity contribution >= 4 is 81.5 Å².